The summed E-state index contributed by atoms with van der Waals surface area (Å²) in [5.74, 6) is 0.0463. The van der Waals surface area contributed by atoms with Crippen molar-refractivity contribution in [1.29, 1.82) is 0 Å². The third-order valence-corrected chi connectivity index (χ3v) is 3.85. The number of hydrogen-bond donors (Lipinski definition) is 2. The maximum atomic E-state index is 13.1. The second-order valence-electron chi connectivity index (χ2n) is 5.35. The zero-order valence-electron chi connectivity index (χ0n) is 12.5. The molecule has 2 aromatic carbocycles. The summed E-state index contributed by atoms with van der Waals surface area (Å²) < 4.78 is 18.3. The quantitative estimate of drug-likeness (QED) is 0.902. The molecule has 0 spiro atoms. The van der Waals surface area contributed by atoms with E-state index >= 15 is 0 Å². The second-order valence-corrected chi connectivity index (χ2v) is 5.35. The molecule has 0 radical (unpaired) electrons. The lowest BCUT2D eigenvalue weighted by Crippen LogP contribution is -2.40. The molecule has 6 heteroatoms. The van der Waals surface area contributed by atoms with Crippen molar-refractivity contribution in [2.75, 3.05) is 7.11 Å². The maximum absolute atomic E-state index is 13.1. The highest BCUT2D eigenvalue weighted by atomic mass is 19.1. The fourth-order valence-electron chi connectivity index (χ4n) is 2.70. The number of nitrogens with two attached hydrogens (primary N) is 1. The Balaban J connectivity index is 2.08. The van der Waals surface area contributed by atoms with E-state index in [1.54, 1.807) is 43.5 Å². The Labute approximate surface area is 133 Å². The van der Waals surface area contributed by atoms with Crippen LogP contribution in [0.5, 0.6) is 5.75 Å². The summed E-state index contributed by atoms with van der Waals surface area (Å²) in [7, 11) is 1.55. The van der Waals surface area contributed by atoms with Crippen LogP contribution in [-0.2, 0) is 16.8 Å². The number of methoxy groups -OCH3 is 1. The fraction of sp³-hybridized carbons (Fsp3) is 0.176. The highest BCUT2D eigenvalue weighted by Gasteiger charge is 2.45. The van der Waals surface area contributed by atoms with Crippen molar-refractivity contribution in [3.63, 3.8) is 0 Å². The van der Waals surface area contributed by atoms with Gasteiger partial charge in [-0.15, -0.1) is 0 Å². The van der Waals surface area contributed by atoms with Crippen LogP contribution >= 0.6 is 0 Å². The summed E-state index contributed by atoms with van der Waals surface area (Å²) in [6.45, 7) is 0. The number of carbonyl (C=O) groups excluding carboxylic acids is 1. The molecule has 0 saturated carbocycles. The standard InChI is InChI=1S/C17H16FN3O2/c1-23-14-4-2-3-12(9-14)17(15(22)20-16(19)21-17)10-11-5-7-13(18)8-6-11/h2-9H,10H2,1H3,(H3,19,20,21,22). The minimum Gasteiger partial charge on any atom is -0.497 e. The Morgan fingerprint density at radius 2 is 2.00 bits per heavy atom. The van der Waals surface area contributed by atoms with E-state index in [1.807, 2.05) is 0 Å². The number of benzene rings is 2. The summed E-state index contributed by atoms with van der Waals surface area (Å²) in [4.78, 5) is 16.9. The van der Waals surface area contributed by atoms with Gasteiger partial charge in [-0.1, -0.05) is 24.3 Å². The summed E-state index contributed by atoms with van der Waals surface area (Å²) in [5.41, 5.74) is 5.98. The first-order chi connectivity index (χ1) is 11.0. The number of ether oxygens (including phenoxy) is 1. The van der Waals surface area contributed by atoms with Gasteiger partial charge >= 0.3 is 0 Å². The number of halogens is 1. The molecule has 118 valence electrons. The van der Waals surface area contributed by atoms with Gasteiger partial charge in [0.1, 0.15) is 11.6 Å². The van der Waals surface area contributed by atoms with Crippen LogP contribution in [0.2, 0.25) is 0 Å². The third kappa shape index (κ3) is 2.75. The van der Waals surface area contributed by atoms with Gasteiger partial charge in [-0.05, 0) is 35.4 Å². The van der Waals surface area contributed by atoms with Crippen LogP contribution in [0.4, 0.5) is 4.39 Å². The smallest absolute Gasteiger partial charge is 0.259 e. The molecule has 3 rings (SSSR count). The molecule has 1 amide bonds. The van der Waals surface area contributed by atoms with Gasteiger partial charge < -0.3 is 10.5 Å². The number of hydrogen-bond acceptors (Lipinski definition) is 4. The Bertz CT molecular complexity index is 774. The summed E-state index contributed by atoms with van der Waals surface area (Å²) in [6.07, 6.45) is 0.271. The molecule has 0 fully saturated rings. The molecule has 1 atom stereocenters. The van der Waals surface area contributed by atoms with E-state index in [0.717, 1.165) is 5.56 Å². The van der Waals surface area contributed by atoms with E-state index in [2.05, 4.69) is 10.3 Å². The van der Waals surface area contributed by atoms with E-state index in [9.17, 15) is 9.18 Å². The summed E-state index contributed by atoms with van der Waals surface area (Å²) in [5, 5.41) is 2.55. The normalized spacial score (nSPS) is 20.1. The zero-order valence-corrected chi connectivity index (χ0v) is 12.5. The van der Waals surface area contributed by atoms with Gasteiger partial charge in [0, 0.05) is 6.42 Å². The zero-order chi connectivity index (χ0) is 16.4. The number of amides is 1. The van der Waals surface area contributed by atoms with Crippen molar-refractivity contribution < 1.29 is 13.9 Å². The minimum absolute atomic E-state index is 0.0694. The number of rotatable bonds is 4. The van der Waals surface area contributed by atoms with Gasteiger partial charge in [0.15, 0.2) is 11.5 Å². The van der Waals surface area contributed by atoms with Crippen LogP contribution in [-0.4, -0.2) is 19.0 Å². The topological polar surface area (TPSA) is 76.7 Å². The van der Waals surface area contributed by atoms with Crippen molar-refractivity contribution in [3.05, 3.63) is 65.5 Å². The highest BCUT2D eigenvalue weighted by Crippen LogP contribution is 2.35. The average Bonchev–Trinajstić information content (AvgIpc) is 2.84. The minimum atomic E-state index is -1.18. The number of nitrogens with one attached hydrogen (secondary N) is 1. The highest BCUT2D eigenvalue weighted by molar-refractivity contribution is 6.07. The lowest BCUT2D eigenvalue weighted by atomic mass is 9.84. The van der Waals surface area contributed by atoms with Crippen molar-refractivity contribution in [1.82, 2.24) is 5.32 Å². The number of carbonyl (C=O) groups is 1. The van der Waals surface area contributed by atoms with E-state index < -0.39 is 5.54 Å². The van der Waals surface area contributed by atoms with Crippen LogP contribution in [0.15, 0.2) is 53.5 Å². The molecule has 3 N–H and O–H groups in total. The van der Waals surface area contributed by atoms with Crippen molar-refractivity contribution >= 4 is 11.9 Å². The van der Waals surface area contributed by atoms with Gasteiger partial charge in [0.25, 0.3) is 5.91 Å². The molecule has 1 unspecified atom stereocenters. The third-order valence-electron chi connectivity index (χ3n) is 3.85. The SMILES string of the molecule is COc1cccc(C2(Cc3ccc(F)cc3)N=C(N)NC2=O)c1. The van der Waals surface area contributed by atoms with Gasteiger partial charge in [-0.2, -0.15) is 0 Å². The predicted molar refractivity (Wildman–Crippen MR) is 84.5 cm³/mol. The first-order valence-corrected chi connectivity index (χ1v) is 7.09. The summed E-state index contributed by atoms with van der Waals surface area (Å²) in [6, 6.07) is 13.1. The molecular weight excluding hydrogens is 297 g/mol. The van der Waals surface area contributed by atoms with Crippen molar-refractivity contribution in [3.8, 4) is 5.75 Å². The molecule has 5 nitrogen and oxygen atoms in total. The first-order valence-electron chi connectivity index (χ1n) is 7.09. The van der Waals surface area contributed by atoms with Crippen LogP contribution in [0.1, 0.15) is 11.1 Å². The second kappa shape index (κ2) is 5.72. The number of nitrogens with zero attached hydrogens (tertiary/aromatic N) is 1. The maximum Gasteiger partial charge on any atom is 0.259 e. The van der Waals surface area contributed by atoms with Gasteiger partial charge in [-0.25, -0.2) is 9.38 Å². The van der Waals surface area contributed by atoms with Crippen LogP contribution in [0.3, 0.4) is 0 Å². The van der Waals surface area contributed by atoms with Crippen LogP contribution in [0, 0.1) is 5.82 Å². The number of guanidine groups is 1. The van der Waals surface area contributed by atoms with E-state index in [4.69, 9.17) is 10.5 Å². The summed E-state index contributed by atoms with van der Waals surface area (Å²) >= 11 is 0. The van der Waals surface area contributed by atoms with Gasteiger partial charge in [0.2, 0.25) is 0 Å². The molecule has 1 aliphatic rings. The fourth-order valence-corrected chi connectivity index (χ4v) is 2.70. The molecule has 1 heterocycles. The lowest BCUT2D eigenvalue weighted by Gasteiger charge is -2.24. The lowest BCUT2D eigenvalue weighted by molar-refractivity contribution is -0.124. The first kappa shape index (κ1) is 15.0. The molecule has 1 aliphatic heterocycles. The molecule has 0 saturated heterocycles. The molecular formula is C17H16FN3O2. The Morgan fingerprint density at radius 3 is 2.61 bits per heavy atom. The predicted octanol–water partition coefficient (Wildman–Crippen LogP) is 1.72. The molecule has 0 aliphatic carbocycles. The molecule has 0 aromatic heterocycles. The van der Waals surface area contributed by atoms with E-state index in [0.29, 0.717) is 11.3 Å². The average molecular weight is 313 g/mol. The molecule has 0 bridgehead atoms. The van der Waals surface area contributed by atoms with E-state index in [1.165, 1.54) is 12.1 Å². The molecule has 23 heavy (non-hydrogen) atoms. The Morgan fingerprint density at radius 1 is 1.26 bits per heavy atom. The monoisotopic (exact) mass is 313 g/mol. The van der Waals surface area contributed by atoms with Gasteiger partial charge in [-0.3, -0.25) is 10.1 Å². The Kier molecular flexibility index (Phi) is 3.73. The van der Waals surface area contributed by atoms with Crippen LogP contribution < -0.4 is 15.8 Å². The largest absolute Gasteiger partial charge is 0.497 e. The van der Waals surface area contributed by atoms with Crippen molar-refractivity contribution in [2.45, 2.75) is 12.0 Å². The van der Waals surface area contributed by atoms with Gasteiger partial charge in [0.05, 0.1) is 7.11 Å². The van der Waals surface area contributed by atoms with E-state index in [-0.39, 0.29) is 24.1 Å². The van der Waals surface area contributed by atoms with Crippen LogP contribution in [0.25, 0.3) is 0 Å². The Hall–Kier alpha value is -2.89. The van der Waals surface area contributed by atoms with Crippen molar-refractivity contribution in [2.24, 2.45) is 10.7 Å². The molecule has 2 aromatic rings. The number of aliphatic imine (C=N–C) groups is 1.